The van der Waals surface area contributed by atoms with Gasteiger partial charge in [0.2, 0.25) is 5.91 Å². The number of hydrogen-bond donors (Lipinski definition) is 1. The molecule has 0 saturated carbocycles. The highest BCUT2D eigenvalue weighted by Gasteiger charge is 2.23. The fourth-order valence-electron chi connectivity index (χ4n) is 2.17. The monoisotopic (exact) mass is 252 g/mol. The van der Waals surface area contributed by atoms with Gasteiger partial charge in [-0.05, 0) is 18.2 Å². The summed E-state index contributed by atoms with van der Waals surface area (Å²) in [5.41, 5.74) is 0.749. The second-order valence-corrected chi connectivity index (χ2v) is 4.42. The molecule has 1 unspecified atom stereocenters. The van der Waals surface area contributed by atoms with Crippen LogP contribution >= 0.6 is 0 Å². The van der Waals surface area contributed by atoms with Gasteiger partial charge in [0, 0.05) is 32.1 Å². The summed E-state index contributed by atoms with van der Waals surface area (Å²) in [4.78, 5) is 13.3. The van der Waals surface area contributed by atoms with Gasteiger partial charge in [-0.3, -0.25) is 4.79 Å². The Balaban J connectivity index is 2.29. The Morgan fingerprint density at radius 2 is 2.28 bits per heavy atom. The van der Waals surface area contributed by atoms with Gasteiger partial charge >= 0.3 is 0 Å². The summed E-state index contributed by atoms with van der Waals surface area (Å²) >= 11 is 0. The third-order valence-electron chi connectivity index (χ3n) is 3.18. The molecular formula is C13H17FN2O2. The number of carbonyl (C=O) groups is 1. The van der Waals surface area contributed by atoms with Crippen molar-refractivity contribution in [1.82, 2.24) is 10.2 Å². The van der Waals surface area contributed by atoms with E-state index in [2.05, 4.69) is 5.32 Å². The van der Waals surface area contributed by atoms with Gasteiger partial charge in [-0.25, -0.2) is 4.39 Å². The molecule has 1 N–H and O–H groups in total. The molecule has 1 aliphatic heterocycles. The molecule has 4 nitrogen and oxygen atoms in total. The second kappa shape index (κ2) is 5.35. The number of halogens is 1. The largest absolute Gasteiger partial charge is 0.496 e. The smallest absolute Gasteiger partial charge is 0.223 e. The Morgan fingerprint density at radius 3 is 3.00 bits per heavy atom. The number of benzene rings is 1. The van der Waals surface area contributed by atoms with Gasteiger partial charge in [-0.1, -0.05) is 0 Å². The molecule has 0 radical (unpaired) electrons. The van der Waals surface area contributed by atoms with Gasteiger partial charge in [-0.15, -0.1) is 0 Å². The molecule has 1 amide bonds. The summed E-state index contributed by atoms with van der Waals surface area (Å²) in [6.45, 7) is 1.10. The van der Waals surface area contributed by atoms with Crippen LogP contribution in [0.25, 0.3) is 0 Å². The van der Waals surface area contributed by atoms with Crippen molar-refractivity contribution in [2.24, 2.45) is 0 Å². The number of amides is 1. The first-order chi connectivity index (χ1) is 8.61. The molecule has 0 bridgehead atoms. The van der Waals surface area contributed by atoms with E-state index in [9.17, 15) is 9.18 Å². The Kier molecular flexibility index (Phi) is 3.81. The fourth-order valence-corrected chi connectivity index (χ4v) is 2.17. The Hall–Kier alpha value is -1.62. The lowest BCUT2D eigenvalue weighted by atomic mass is 10.1. The van der Waals surface area contributed by atoms with E-state index in [1.165, 1.54) is 12.1 Å². The van der Waals surface area contributed by atoms with E-state index in [1.807, 2.05) is 0 Å². The van der Waals surface area contributed by atoms with Gasteiger partial charge in [-0.2, -0.15) is 0 Å². The van der Waals surface area contributed by atoms with Crippen LogP contribution in [0.5, 0.6) is 5.75 Å². The van der Waals surface area contributed by atoms with Crippen LogP contribution in [0.15, 0.2) is 18.2 Å². The summed E-state index contributed by atoms with van der Waals surface area (Å²) in [5, 5.41) is 3.25. The lowest BCUT2D eigenvalue weighted by Gasteiger charge is -2.22. The average molecular weight is 252 g/mol. The first kappa shape index (κ1) is 12.8. The van der Waals surface area contributed by atoms with Crippen molar-refractivity contribution in [3.05, 3.63) is 29.6 Å². The number of nitrogens with zero attached hydrogens (tertiary/aromatic N) is 1. The van der Waals surface area contributed by atoms with E-state index < -0.39 is 0 Å². The minimum atomic E-state index is -0.300. The standard InChI is InChI=1S/C13H17FN2O2/c1-16-8-11(15-6-5-13(16)17)10-7-9(14)3-4-12(10)18-2/h3-4,7,11,15H,5-6,8H2,1-2H3. The number of rotatable bonds is 2. The predicted molar refractivity (Wildman–Crippen MR) is 65.9 cm³/mol. The maximum atomic E-state index is 13.4. The van der Waals surface area contributed by atoms with Crippen LogP contribution in [-0.2, 0) is 4.79 Å². The molecule has 18 heavy (non-hydrogen) atoms. The molecule has 2 rings (SSSR count). The predicted octanol–water partition coefficient (Wildman–Crippen LogP) is 1.33. The molecule has 0 aliphatic carbocycles. The van der Waals surface area contributed by atoms with Gasteiger partial charge in [0.05, 0.1) is 13.2 Å². The molecule has 1 aromatic carbocycles. The lowest BCUT2D eigenvalue weighted by molar-refractivity contribution is -0.129. The quantitative estimate of drug-likeness (QED) is 0.863. The molecule has 1 aromatic rings. The van der Waals surface area contributed by atoms with E-state index >= 15 is 0 Å². The summed E-state index contributed by atoms with van der Waals surface area (Å²) in [6.07, 6.45) is 0.463. The lowest BCUT2D eigenvalue weighted by Crippen LogP contribution is -2.31. The van der Waals surface area contributed by atoms with Crippen LogP contribution in [0.3, 0.4) is 0 Å². The normalized spacial score (nSPS) is 20.7. The molecule has 1 saturated heterocycles. The minimum absolute atomic E-state index is 0.0976. The van der Waals surface area contributed by atoms with Crippen molar-refractivity contribution >= 4 is 5.91 Å². The van der Waals surface area contributed by atoms with Crippen molar-refractivity contribution in [2.75, 3.05) is 27.2 Å². The molecular weight excluding hydrogens is 235 g/mol. The van der Waals surface area contributed by atoms with Crippen LogP contribution in [0, 0.1) is 5.82 Å². The maximum absolute atomic E-state index is 13.4. The van der Waals surface area contributed by atoms with E-state index in [0.717, 1.165) is 5.56 Å². The molecule has 1 aliphatic rings. The number of nitrogens with one attached hydrogen (secondary N) is 1. The first-order valence-corrected chi connectivity index (χ1v) is 5.92. The van der Waals surface area contributed by atoms with Gasteiger partial charge in [0.1, 0.15) is 11.6 Å². The number of carbonyl (C=O) groups excluding carboxylic acids is 1. The highest BCUT2D eigenvalue weighted by atomic mass is 19.1. The van der Waals surface area contributed by atoms with Gasteiger partial charge in [0.25, 0.3) is 0 Å². The number of likely N-dealkylation sites (N-methyl/N-ethyl adjacent to an activating group) is 1. The molecule has 98 valence electrons. The Bertz CT molecular complexity index is 451. The Labute approximate surface area is 106 Å². The zero-order chi connectivity index (χ0) is 13.1. The first-order valence-electron chi connectivity index (χ1n) is 5.92. The topological polar surface area (TPSA) is 41.6 Å². The third kappa shape index (κ3) is 2.61. The van der Waals surface area contributed by atoms with Crippen molar-refractivity contribution in [2.45, 2.75) is 12.5 Å². The number of hydrogen-bond acceptors (Lipinski definition) is 3. The van der Waals surface area contributed by atoms with Crippen LogP contribution in [0.2, 0.25) is 0 Å². The third-order valence-corrected chi connectivity index (χ3v) is 3.18. The molecule has 0 spiro atoms. The van der Waals surface area contributed by atoms with E-state index in [-0.39, 0.29) is 17.8 Å². The fraction of sp³-hybridized carbons (Fsp3) is 0.462. The van der Waals surface area contributed by atoms with E-state index in [1.54, 1.807) is 25.1 Å². The molecule has 1 fully saturated rings. The van der Waals surface area contributed by atoms with E-state index in [4.69, 9.17) is 4.74 Å². The van der Waals surface area contributed by atoms with Crippen LogP contribution in [0.1, 0.15) is 18.0 Å². The molecule has 1 heterocycles. The van der Waals surface area contributed by atoms with Gasteiger partial charge < -0.3 is 15.0 Å². The maximum Gasteiger partial charge on any atom is 0.223 e. The van der Waals surface area contributed by atoms with Crippen molar-refractivity contribution in [3.8, 4) is 5.75 Å². The number of ether oxygens (including phenoxy) is 1. The SMILES string of the molecule is COc1ccc(F)cc1C1CN(C)C(=O)CCN1. The molecule has 0 aromatic heterocycles. The highest BCUT2D eigenvalue weighted by Crippen LogP contribution is 2.27. The minimum Gasteiger partial charge on any atom is -0.496 e. The van der Waals surface area contributed by atoms with Crippen molar-refractivity contribution < 1.29 is 13.9 Å². The highest BCUT2D eigenvalue weighted by molar-refractivity contribution is 5.76. The second-order valence-electron chi connectivity index (χ2n) is 4.42. The summed E-state index contributed by atoms with van der Waals surface area (Å²) in [7, 11) is 3.32. The average Bonchev–Trinajstić information content (AvgIpc) is 2.52. The zero-order valence-corrected chi connectivity index (χ0v) is 10.6. The number of methoxy groups -OCH3 is 1. The van der Waals surface area contributed by atoms with Crippen molar-refractivity contribution in [1.29, 1.82) is 0 Å². The summed E-state index contributed by atoms with van der Waals surface area (Å²) in [5.74, 6) is 0.433. The summed E-state index contributed by atoms with van der Waals surface area (Å²) < 4.78 is 18.6. The van der Waals surface area contributed by atoms with Crippen LogP contribution < -0.4 is 10.1 Å². The van der Waals surface area contributed by atoms with Crippen molar-refractivity contribution in [3.63, 3.8) is 0 Å². The molecule has 1 atom stereocenters. The van der Waals surface area contributed by atoms with Crippen LogP contribution in [0.4, 0.5) is 4.39 Å². The molecule has 5 heteroatoms. The van der Waals surface area contributed by atoms with Gasteiger partial charge in [0.15, 0.2) is 0 Å². The van der Waals surface area contributed by atoms with E-state index in [0.29, 0.717) is 25.3 Å². The zero-order valence-electron chi connectivity index (χ0n) is 10.6. The van der Waals surface area contributed by atoms with Crippen LogP contribution in [-0.4, -0.2) is 38.1 Å². The summed E-state index contributed by atoms with van der Waals surface area (Å²) in [6, 6.07) is 4.33. The Morgan fingerprint density at radius 1 is 1.50 bits per heavy atom.